The van der Waals surface area contributed by atoms with Gasteiger partial charge in [0, 0.05) is 6.07 Å². The van der Waals surface area contributed by atoms with Crippen LogP contribution < -0.4 is 4.74 Å². The number of hydrogen-bond donors (Lipinski definition) is 1. The molecule has 0 aromatic heterocycles. The van der Waals surface area contributed by atoms with E-state index in [2.05, 4.69) is 0 Å². The molecule has 0 aliphatic carbocycles. The normalized spacial score (nSPS) is 12.1. The van der Waals surface area contributed by atoms with Crippen LogP contribution in [-0.4, -0.2) is 22.7 Å². The standard InChI is InChI=1S/C9H11NO4/c1-7(6-11)14-9-5-3-2-4-8(9)10(12)13/h2-5,7,11H,6H2,1H3. The molecule has 0 heterocycles. The highest BCUT2D eigenvalue weighted by Crippen LogP contribution is 2.26. The van der Waals surface area contributed by atoms with Gasteiger partial charge >= 0.3 is 5.69 Å². The highest BCUT2D eigenvalue weighted by molar-refractivity contribution is 5.45. The third-order valence-corrected chi connectivity index (χ3v) is 1.65. The van der Waals surface area contributed by atoms with Crippen LogP contribution in [0.2, 0.25) is 0 Å². The van der Waals surface area contributed by atoms with Gasteiger partial charge < -0.3 is 9.84 Å². The number of ether oxygens (including phenoxy) is 1. The summed E-state index contributed by atoms with van der Waals surface area (Å²) in [5, 5.41) is 19.3. The van der Waals surface area contributed by atoms with E-state index in [4.69, 9.17) is 9.84 Å². The number of rotatable bonds is 4. The maximum absolute atomic E-state index is 10.6. The molecule has 1 aromatic carbocycles. The molecule has 0 saturated carbocycles. The molecular formula is C9H11NO4. The zero-order chi connectivity index (χ0) is 10.6. The van der Waals surface area contributed by atoms with Gasteiger partial charge in [0.15, 0.2) is 5.75 Å². The molecule has 1 unspecified atom stereocenters. The smallest absolute Gasteiger partial charge is 0.310 e. The third-order valence-electron chi connectivity index (χ3n) is 1.65. The maximum Gasteiger partial charge on any atom is 0.310 e. The van der Waals surface area contributed by atoms with E-state index in [1.807, 2.05) is 0 Å². The molecule has 0 bridgehead atoms. The molecule has 0 amide bonds. The molecule has 0 fully saturated rings. The van der Waals surface area contributed by atoms with Crippen molar-refractivity contribution in [2.24, 2.45) is 0 Å². The molecule has 0 saturated heterocycles. The number of aliphatic hydroxyl groups excluding tert-OH is 1. The molecular weight excluding hydrogens is 186 g/mol. The van der Waals surface area contributed by atoms with E-state index in [0.29, 0.717) is 0 Å². The van der Waals surface area contributed by atoms with Gasteiger partial charge in [0.1, 0.15) is 6.10 Å². The number of benzene rings is 1. The molecule has 1 aromatic rings. The average molecular weight is 197 g/mol. The highest BCUT2D eigenvalue weighted by Gasteiger charge is 2.15. The molecule has 5 heteroatoms. The molecule has 0 spiro atoms. The lowest BCUT2D eigenvalue weighted by Gasteiger charge is -2.11. The second kappa shape index (κ2) is 4.57. The Bertz CT molecular complexity index is 326. The van der Waals surface area contributed by atoms with Gasteiger partial charge in [-0.3, -0.25) is 10.1 Å². The molecule has 0 aliphatic heterocycles. The lowest BCUT2D eigenvalue weighted by Crippen LogP contribution is -2.16. The Kier molecular flexibility index (Phi) is 3.41. The quantitative estimate of drug-likeness (QED) is 0.584. The fourth-order valence-corrected chi connectivity index (χ4v) is 0.962. The summed E-state index contributed by atoms with van der Waals surface area (Å²) < 4.78 is 5.16. The Morgan fingerprint density at radius 3 is 2.79 bits per heavy atom. The van der Waals surface area contributed by atoms with Crippen LogP contribution in [0.15, 0.2) is 24.3 Å². The summed E-state index contributed by atoms with van der Waals surface area (Å²) in [6, 6.07) is 6.07. The number of aliphatic hydroxyl groups is 1. The lowest BCUT2D eigenvalue weighted by molar-refractivity contribution is -0.386. The Morgan fingerprint density at radius 1 is 1.57 bits per heavy atom. The molecule has 5 nitrogen and oxygen atoms in total. The second-order valence-corrected chi connectivity index (χ2v) is 2.84. The summed E-state index contributed by atoms with van der Waals surface area (Å²) in [6.07, 6.45) is -0.448. The van der Waals surface area contributed by atoms with Crippen molar-refractivity contribution >= 4 is 5.69 Å². The van der Waals surface area contributed by atoms with Gasteiger partial charge in [-0.15, -0.1) is 0 Å². The first-order valence-electron chi connectivity index (χ1n) is 4.16. The molecule has 1 rings (SSSR count). The van der Waals surface area contributed by atoms with Crippen LogP contribution in [0.4, 0.5) is 5.69 Å². The summed E-state index contributed by atoms with van der Waals surface area (Å²) in [5.41, 5.74) is -0.0900. The van der Waals surface area contributed by atoms with Crippen LogP contribution in [0.5, 0.6) is 5.75 Å². The maximum atomic E-state index is 10.6. The van der Waals surface area contributed by atoms with Crippen molar-refractivity contribution in [3.8, 4) is 5.75 Å². The number of hydrogen-bond acceptors (Lipinski definition) is 4. The highest BCUT2D eigenvalue weighted by atomic mass is 16.6. The molecule has 1 atom stereocenters. The van der Waals surface area contributed by atoms with Gasteiger partial charge in [-0.1, -0.05) is 12.1 Å². The summed E-state index contributed by atoms with van der Waals surface area (Å²) in [4.78, 5) is 10.0. The van der Waals surface area contributed by atoms with Gasteiger partial charge in [-0.05, 0) is 13.0 Å². The van der Waals surface area contributed by atoms with E-state index in [-0.39, 0.29) is 18.0 Å². The molecule has 0 aliphatic rings. The predicted octanol–water partition coefficient (Wildman–Crippen LogP) is 1.35. The third kappa shape index (κ3) is 2.43. The summed E-state index contributed by atoms with van der Waals surface area (Å²) >= 11 is 0. The van der Waals surface area contributed by atoms with E-state index in [0.717, 1.165) is 0 Å². The SMILES string of the molecule is CC(CO)Oc1ccccc1[N+](=O)[O-]. The van der Waals surface area contributed by atoms with Gasteiger partial charge in [-0.2, -0.15) is 0 Å². The minimum Gasteiger partial charge on any atom is -0.481 e. The van der Waals surface area contributed by atoms with Crippen molar-refractivity contribution in [1.82, 2.24) is 0 Å². The molecule has 0 radical (unpaired) electrons. The van der Waals surface area contributed by atoms with Crippen LogP contribution in [0.3, 0.4) is 0 Å². The van der Waals surface area contributed by atoms with Crippen LogP contribution in [0, 0.1) is 10.1 Å². The van der Waals surface area contributed by atoms with E-state index in [1.165, 1.54) is 12.1 Å². The van der Waals surface area contributed by atoms with Crippen LogP contribution in [0.1, 0.15) is 6.92 Å². The van der Waals surface area contributed by atoms with E-state index >= 15 is 0 Å². The van der Waals surface area contributed by atoms with Crippen molar-refractivity contribution in [3.05, 3.63) is 34.4 Å². The Labute approximate surface area is 81.1 Å². The monoisotopic (exact) mass is 197 g/mol. The molecule has 14 heavy (non-hydrogen) atoms. The fraction of sp³-hybridized carbons (Fsp3) is 0.333. The van der Waals surface area contributed by atoms with E-state index in [9.17, 15) is 10.1 Å². The number of nitro benzene ring substituents is 1. The van der Waals surface area contributed by atoms with Gasteiger partial charge in [0.25, 0.3) is 0 Å². The first kappa shape index (κ1) is 10.5. The predicted molar refractivity (Wildman–Crippen MR) is 50.3 cm³/mol. The summed E-state index contributed by atoms with van der Waals surface area (Å²) in [5.74, 6) is 0.180. The lowest BCUT2D eigenvalue weighted by atomic mass is 10.3. The van der Waals surface area contributed by atoms with Gasteiger partial charge in [0.05, 0.1) is 11.5 Å². The minimum atomic E-state index is -0.514. The summed E-state index contributed by atoms with van der Waals surface area (Å²) in [6.45, 7) is 1.46. The van der Waals surface area contributed by atoms with Crippen molar-refractivity contribution in [1.29, 1.82) is 0 Å². The zero-order valence-electron chi connectivity index (χ0n) is 7.71. The number of nitrogens with zero attached hydrogens (tertiary/aromatic N) is 1. The van der Waals surface area contributed by atoms with Crippen LogP contribution in [-0.2, 0) is 0 Å². The van der Waals surface area contributed by atoms with Crippen LogP contribution in [0.25, 0.3) is 0 Å². The second-order valence-electron chi connectivity index (χ2n) is 2.84. The van der Waals surface area contributed by atoms with Gasteiger partial charge in [0.2, 0.25) is 0 Å². The first-order valence-corrected chi connectivity index (χ1v) is 4.16. The summed E-state index contributed by atoms with van der Waals surface area (Å²) in [7, 11) is 0. The Hall–Kier alpha value is -1.62. The van der Waals surface area contributed by atoms with Crippen molar-refractivity contribution in [2.75, 3.05) is 6.61 Å². The van der Waals surface area contributed by atoms with E-state index < -0.39 is 11.0 Å². The molecule has 1 N–H and O–H groups in total. The van der Waals surface area contributed by atoms with Gasteiger partial charge in [-0.25, -0.2) is 0 Å². The van der Waals surface area contributed by atoms with Crippen molar-refractivity contribution in [2.45, 2.75) is 13.0 Å². The average Bonchev–Trinajstić information content (AvgIpc) is 2.18. The Balaban J connectivity index is 2.90. The van der Waals surface area contributed by atoms with E-state index in [1.54, 1.807) is 19.1 Å². The number of para-hydroxylation sites is 2. The minimum absolute atomic E-state index is 0.0900. The first-order chi connectivity index (χ1) is 6.65. The van der Waals surface area contributed by atoms with Crippen molar-refractivity contribution < 1.29 is 14.8 Å². The fourth-order valence-electron chi connectivity index (χ4n) is 0.962. The topological polar surface area (TPSA) is 72.6 Å². The largest absolute Gasteiger partial charge is 0.481 e. The van der Waals surface area contributed by atoms with Crippen molar-refractivity contribution in [3.63, 3.8) is 0 Å². The Morgan fingerprint density at radius 2 is 2.21 bits per heavy atom. The number of nitro groups is 1. The zero-order valence-corrected chi connectivity index (χ0v) is 7.71. The van der Waals surface area contributed by atoms with Crippen LogP contribution >= 0.6 is 0 Å². The molecule has 76 valence electrons.